The molecule has 0 amide bonds. The molecule has 1 aliphatic rings. The summed E-state index contributed by atoms with van der Waals surface area (Å²) in [5, 5.41) is 8.76. The Morgan fingerprint density at radius 3 is 3.12 bits per heavy atom. The van der Waals surface area contributed by atoms with Gasteiger partial charge in [-0.3, -0.25) is 4.79 Å². The number of likely N-dealkylation sites (tertiary alicyclic amines) is 1. The molecule has 1 aliphatic heterocycles. The van der Waals surface area contributed by atoms with Crippen LogP contribution < -0.4 is 5.73 Å². The second-order valence-corrected chi connectivity index (χ2v) is 4.29. The molecule has 16 heavy (non-hydrogen) atoms. The van der Waals surface area contributed by atoms with Gasteiger partial charge >= 0.3 is 5.97 Å². The number of rotatable bonds is 3. The molecule has 6 heteroatoms. The lowest BCUT2D eigenvalue weighted by molar-refractivity contribution is -0.138. The van der Waals surface area contributed by atoms with Crippen LogP contribution in [0, 0.1) is 0 Å². The van der Waals surface area contributed by atoms with E-state index in [-0.39, 0.29) is 0 Å². The normalized spacial score (nSPS) is 23.5. The number of aromatic amines is 1. The minimum Gasteiger partial charge on any atom is -0.480 e. The van der Waals surface area contributed by atoms with E-state index >= 15 is 0 Å². The van der Waals surface area contributed by atoms with Gasteiger partial charge in [0.1, 0.15) is 5.82 Å². The van der Waals surface area contributed by atoms with Crippen molar-refractivity contribution in [2.45, 2.75) is 18.4 Å². The summed E-state index contributed by atoms with van der Waals surface area (Å²) in [4.78, 5) is 20.0. The maximum atomic E-state index is 10.7. The van der Waals surface area contributed by atoms with Crippen LogP contribution in [0.15, 0.2) is 6.20 Å². The quantitative estimate of drug-likeness (QED) is 0.667. The number of nitrogens with two attached hydrogens (primary N) is 1. The molecule has 1 fully saturated rings. The molecular formula is C10H16N4O2. The fraction of sp³-hybridized carbons (Fsp3) is 0.600. The zero-order valence-corrected chi connectivity index (χ0v) is 9.18. The molecule has 0 radical (unpaired) electrons. The molecule has 1 aromatic heterocycles. The predicted molar refractivity (Wildman–Crippen MR) is 58.0 cm³/mol. The number of aliphatic carboxylic acids is 1. The van der Waals surface area contributed by atoms with Gasteiger partial charge in [0.15, 0.2) is 6.04 Å². The van der Waals surface area contributed by atoms with Crippen LogP contribution in [0.5, 0.6) is 0 Å². The van der Waals surface area contributed by atoms with Crippen molar-refractivity contribution >= 4 is 5.97 Å². The zero-order valence-electron chi connectivity index (χ0n) is 9.18. The molecule has 0 bridgehead atoms. The van der Waals surface area contributed by atoms with Gasteiger partial charge in [-0.05, 0) is 20.0 Å². The van der Waals surface area contributed by atoms with Gasteiger partial charge in [0, 0.05) is 24.4 Å². The number of nitrogens with zero attached hydrogens (tertiary/aromatic N) is 2. The highest BCUT2D eigenvalue weighted by molar-refractivity contribution is 5.73. The number of carboxylic acids is 1. The molecule has 0 aliphatic carbocycles. The molecule has 0 saturated carbocycles. The van der Waals surface area contributed by atoms with Gasteiger partial charge in [-0.2, -0.15) is 0 Å². The number of H-pyrrole nitrogens is 1. The maximum absolute atomic E-state index is 10.7. The van der Waals surface area contributed by atoms with Crippen LogP contribution in [0.4, 0.5) is 0 Å². The lowest BCUT2D eigenvalue weighted by atomic mass is 10.1. The first-order chi connectivity index (χ1) is 7.58. The number of aromatic nitrogens is 2. The van der Waals surface area contributed by atoms with Crippen LogP contribution in [0.2, 0.25) is 0 Å². The van der Waals surface area contributed by atoms with E-state index in [0.717, 1.165) is 25.2 Å². The number of carboxylic acid groups (broad SMARTS) is 1. The molecular weight excluding hydrogens is 208 g/mol. The van der Waals surface area contributed by atoms with Crippen LogP contribution in [-0.4, -0.2) is 46.1 Å². The summed E-state index contributed by atoms with van der Waals surface area (Å²) in [6, 6.07) is -1.06. The lowest BCUT2D eigenvalue weighted by Crippen LogP contribution is -2.22. The van der Waals surface area contributed by atoms with Crippen molar-refractivity contribution in [1.29, 1.82) is 0 Å². The Hall–Kier alpha value is -1.40. The van der Waals surface area contributed by atoms with Gasteiger partial charge in [-0.15, -0.1) is 0 Å². The van der Waals surface area contributed by atoms with Gasteiger partial charge < -0.3 is 20.7 Å². The van der Waals surface area contributed by atoms with Crippen molar-refractivity contribution in [3.63, 3.8) is 0 Å². The maximum Gasteiger partial charge on any atom is 0.328 e. The van der Waals surface area contributed by atoms with Crippen molar-refractivity contribution in [3.8, 4) is 0 Å². The molecule has 0 aromatic carbocycles. The topological polar surface area (TPSA) is 95.2 Å². The molecule has 2 heterocycles. The van der Waals surface area contributed by atoms with Crippen LogP contribution in [0.25, 0.3) is 0 Å². The van der Waals surface area contributed by atoms with Crippen molar-refractivity contribution < 1.29 is 9.90 Å². The molecule has 2 unspecified atom stereocenters. The predicted octanol–water partition coefficient (Wildman–Crippen LogP) is -0.0868. The summed E-state index contributed by atoms with van der Waals surface area (Å²) in [5.74, 6) is -0.325. The monoisotopic (exact) mass is 224 g/mol. The Morgan fingerprint density at radius 2 is 2.56 bits per heavy atom. The SMILES string of the molecule is CN1CCC(c2cnc(C(N)C(=O)O)[nH]2)C1. The van der Waals surface area contributed by atoms with Crippen LogP contribution >= 0.6 is 0 Å². The fourth-order valence-corrected chi connectivity index (χ4v) is 2.02. The Kier molecular flexibility index (Phi) is 2.93. The Labute approximate surface area is 93.5 Å². The number of carbonyl (C=O) groups is 1. The largest absolute Gasteiger partial charge is 0.480 e. The molecule has 6 nitrogen and oxygen atoms in total. The van der Waals surface area contributed by atoms with Gasteiger partial charge in [-0.25, -0.2) is 4.98 Å². The fourth-order valence-electron chi connectivity index (χ4n) is 2.02. The van der Waals surface area contributed by atoms with E-state index in [0.29, 0.717) is 11.7 Å². The lowest BCUT2D eigenvalue weighted by Gasteiger charge is -2.08. The number of likely N-dealkylation sites (N-methyl/N-ethyl adjacent to an activating group) is 1. The van der Waals surface area contributed by atoms with E-state index in [2.05, 4.69) is 21.9 Å². The van der Waals surface area contributed by atoms with Gasteiger partial charge in [0.05, 0.1) is 0 Å². The van der Waals surface area contributed by atoms with E-state index in [1.165, 1.54) is 0 Å². The smallest absolute Gasteiger partial charge is 0.328 e. The number of hydrogen-bond donors (Lipinski definition) is 3. The van der Waals surface area contributed by atoms with Gasteiger partial charge in [0.2, 0.25) is 0 Å². The molecule has 2 atom stereocenters. The minimum absolute atomic E-state index is 0.331. The van der Waals surface area contributed by atoms with E-state index in [4.69, 9.17) is 10.8 Å². The Balaban J connectivity index is 2.10. The second-order valence-electron chi connectivity index (χ2n) is 4.29. The van der Waals surface area contributed by atoms with E-state index in [9.17, 15) is 4.79 Å². The molecule has 88 valence electrons. The summed E-state index contributed by atoms with van der Waals surface area (Å²) >= 11 is 0. The molecule has 0 spiro atoms. The summed E-state index contributed by atoms with van der Waals surface area (Å²) in [6.45, 7) is 2.04. The van der Waals surface area contributed by atoms with E-state index in [1.54, 1.807) is 6.20 Å². The standard InChI is InChI=1S/C10H16N4O2/c1-14-3-2-6(5-14)7-4-12-9(13-7)8(11)10(15)16/h4,6,8H,2-3,5,11H2,1H3,(H,12,13)(H,15,16). The first-order valence-electron chi connectivity index (χ1n) is 5.29. The number of hydrogen-bond acceptors (Lipinski definition) is 4. The van der Waals surface area contributed by atoms with Crippen LogP contribution in [0.3, 0.4) is 0 Å². The highest BCUT2D eigenvalue weighted by atomic mass is 16.4. The highest BCUT2D eigenvalue weighted by Gasteiger charge is 2.24. The highest BCUT2D eigenvalue weighted by Crippen LogP contribution is 2.25. The zero-order chi connectivity index (χ0) is 11.7. The first kappa shape index (κ1) is 11.1. The average molecular weight is 224 g/mol. The van der Waals surface area contributed by atoms with E-state index in [1.807, 2.05) is 0 Å². The third kappa shape index (κ3) is 2.07. The van der Waals surface area contributed by atoms with Crippen molar-refractivity contribution in [2.75, 3.05) is 20.1 Å². The molecule has 1 aromatic rings. The third-order valence-corrected chi connectivity index (χ3v) is 3.01. The molecule has 2 rings (SSSR count). The van der Waals surface area contributed by atoms with Crippen molar-refractivity contribution in [3.05, 3.63) is 17.7 Å². The van der Waals surface area contributed by atoms with Crippen molar-refractivity contribution in [1.82, 2.24) is 14.9 Å². The Morgan fingerprint density at radius 1 is 1.81 bits per heavy atom. The average Bonchev–Trinajstić information content (AvgIpc) is 2.84. The number of nitrogens with one attached hydrogen (secondary N) is 1. The summed E-state index contributed by atoms with van der Waals surface area (Å²) in [5.41, 5.74) is 6.46. The van der Waals surface area contributed by atoms with Gasteiger partial charge in [0.25, 0.3) is 0 Å². The molecule has 1 saturated heterocycles. The van der Waals surface area contributed by atoms with Crippen molar-refractivity contribution in [2.24, 2.45) is 5.73 Å². The minimum atomic E-state index is -1.07. The van der Waals surface area contributed by atoms with Gasteiger partial charge in [-0.1, -0.05) is 0 Å². The third-order valence-electron chi connectivity index (χ3n) is 3.01. The first-order valence-corrected chi connectivity index (χ1v) is 5.29. The van der Waals surface area contributed by atoms with Crippen LogP contribution in [-0.2, 0) is 4.79 Å². The molecule has 4 N–H and O–H groups in total. The number of imidazole rings is 1. The van der Waals surface area contributed by atoms with E-state index < -0.39 is 12.0 Å². The second kappa shape index (κ2) is 4.23. The Bertz CT molecular complexity index is 390. The summed E-state index contributed by atoms with van der Waals surface area (Å²) in [7, 11) is 2.07. The van der Waals surface area contributed by atoms with Crippen LogP contribution in [0.1, 0.15) is 29.9 Å². The summed E-state index contributed by atoms with van der Waals surface area (Å²) < 4.78 is 0. The summed E-state index contributed by atoms with van der Waals surface area (Å²) in [6.07, 6.45) is 2.77.